The molecule has 5 heteroatoms. The normalized spacial score (nSPS) is 12.7. The summed E-state index contributed by atoms with van der Waals surface area (Å²) in [4.78, 5) is 0. The van der Waals surface area contributed by atoms with Crippen LogP contribution in [0.2, 0.25) is 10.0 Å². The fourth-order valence-electron chi connectivity index (χ4n) is 1.57. The van der Waals surface area contributed by atoms with Crippen LogP contribution in [0.25, 0.3) is 0 Å². The Bertz CT molecular complexity index is 451. The van der Waals surface area contributed by atoms with Crippen LogP contribution in [0.5, 0.6) is 0 Å². The van der Waals surface area contributed by atoms with Crippen molar-refractivity contribution in [2.75, 3.05) is 0 Å². The Balaban J connectivity index is 2.49. The lowest BCUT2D eigenvalue weighted by atomic mass is 10.0. The number of nitrogens with two attached hydrogens (primary N) is 1. The molecule has 2 aromatic rings. The number of hydrogen-bond acceptors (Lipinski definition) is 3. The Morgan fingerprint density at radius 2 is 1.88 bits per heavy atom. The molecule has 0 amide bonds. The van der Waals surface area contributed by atoms with E-state index in [-0.39, 0.29) is 6.04 Å². The Morgan fingerprint density at radius 1 is 1.19 bits per heavy atom. The third-order valence-electron chi connectivity index (χ3n) is 2.33. The van der Waals surface area contributed by atoms with E-state index in [0.29, 0.717) is 10.0 Å². The van der Waals surface area contributed by atoms with Crippen LogP contribution >= 0.6 is 23.2 Å². The summed E-state index contributed by atoms with van der Waals surface area (Å²) >= 11 is 12.2. The van der Waals surface area contributed by atoms with Crippen molar-refractivity contribution in [3.05, 3.63) is 58.0 Å². The van der Waals surface area contributed by atoms with Crippen molar-refractivity contribution >= 4 is 23.2 Å². The fourth-order valence-corrected chi connectivity index (χ4v) is 2.19. The molecule has 1 heterocycles. The van der Waals surface area contributed by atoms with E-state index in [4.69, 9.17) is 33.5 Å². The second kappa shape index (κ2) is 4.89. The van der Waals surface area contributed by atoms with E-state index in [1.165, 1.54) is 0 Å². The predicted octanol–water partition coefficient (Wildman–Crippen LogP) is 3.14. The molecule has 1 aromatic heterocycles. The second-order valence-corrected chi connectivity index (χ2v) is 4.11. The zero-order valence-corrected chi connectivity index (χ0v) is 9.79. The summed E-state index contributed by atoms with van der Waals surface area (Å²) < 4.78 is 5.02. The molecule has 84 valence electrons. The lowest BCUT2D eigenvalue weighted by Crippen LogP contribution is -2.29. The molecule has 2 rings (SSSR count). The smallest absolute Gasteiger partial charge is 0.0954 e. The molecule has 1 aromatic carbocycles. The van der Waals surface area contributed by atoms with Crippen LogP contribution in [0.1, 0.15) is 17.2 Å². The van der Waals surface area contributed by atoms with Gasteiger partial charge in [0.2, 0.25) is 0 Å². The van der Waals surface area contributed by atoms with Crippen molar-refractivity contribution in [3.8, 4) is 0 Å². The summed E-state index contributed by atoms with van der Waals surface area (Å²) in [5, 5.41) is 1.13. The highest BCUT2D eigenvalue weighted by atomic mass is 35.5. The van der Waals surface area contributed by atoms with Gasteiger partial charge in [0, 0.05) is 21.2 Å². The van der Waals surface area contributed by atoms with E-state index in [0.717, 1.165) is 11.1 Å². The number of rotatable bonds is 3. The zero-order chi connectivity index (χ0) is 11.5. The Morgan fingerprint density at radius 3 is 2.38 bits per heavy atom. The van der Waals surface area contributed by atoms with Crippen LogP contribution in [0.4, 0.5) is 0 Å². The van der Waals surface area contributed by atoms with Gasteiger partial charge in [0.05, 0.1) is 18.6 Å². The van der Waals surface area contributed by atoms with Crippen molar-refractivity contribution in [2.24, 2.45) is 5.84 Å². The molecule has 0 aliphatic heterocycles. The minimum atomic E-state index is -0.278. The van der Waals surface area contributed by atoms with Gasteiger partial charge in [0.15, 0.2) is 0 Å². The summed E-state index contributed by atoms with van der Waals surface area (Å²) in [6.07, 6.45) is 3.18. The Hall–Kier alpha value is -1.00. The van der Waals surface area contributed by atoms with Gasteiger partial charge >= 0.3 is 0 Å². The first kappa shape index (κ1) is 11.5. The molecule has 0 saturated carbocycles. The first-order valence-corrected chi connectivity index (χ1v) is 5.41. The standard InChI is InChI=1S/C11H10Cl2N2O/c12-8-2-1-3-9(13)10(8)11(15-14)7-4-5-16-6-7/h1-6,11,15H,14H2. The third kappa shape index (κ3) is 2.08. The van der Waals surface area contributed by atoms with Crippen molar-refractivity contribution in [1.29, 1.82) is 0 Å². The van der Waals surface area contributed by atoms with Crippen molar-refractivity contribution < 1.29 is 4.42 Å². The summed E-state index contributed by atoms with van der Waals surface area (Å²) in [6.45, 7) is 0. The van der Waals surface area contributed by atoms with Gasteiger partial charge in [-0.1, -0.05) is 29.3 Å². The molecule has 0 aliphatic carbocycles. The topological polar surface area (TPSA) is 51.2 Å². The van der Waals surface area contributed by atoms with Gasteiger partial charge in [-0.3, -0.25) is 5.84 Å². The number of benzene rings is 1. The molecule has 16 heavy (non-hydrogen) atoms. The van der Waals surface area contributed by atoms with Crippen LogP contribution in [0.15, 0.2) is 41.2 Å². The average molecular weight is 257 g/mol. The number of hydrazine groups is 1. The molecule has 3 nitrogen and oxygen atoms in total. The molecule has 1 unspecified atom stereocenters. The zero-order valence-electron chi connectivity index (χ0n) is 8.28. The van der Waals surface area contributed by atoms with Crippen LogP contribution < -0.4 is 11.3 Å². The molecule has 0 fully saturated rings. The summed E-state index contributed by atoms with van der Waals surface area (Å²) in [7, 11) is 0. The van der Waals surface area contributed by atoms with Crippen LogP contribution in [0, 0.1) is 0 Å². The van der Waals surface area contributed by atoms with Gasteiger partial charge in [-0.05, 0) is 18.2 Å². The minimum Gasteiger partial charge on any atom is -0.472 e. The SMILES string of the molecule is NNC(c1ccoc1)c1c(Cl)cccc1Cl. The van der Waals surface area contributed by atoms with Gasteiger partial charge < -0.3 is 4.42 Å². The lowest BCUT2D eigenvalue weighted by Gasteiger charge is -2.17. The van der Waals surface area contributed by atoms with Crippen molar-refractivity contribution in [1.82, 2.24) is 5.43 Å². The largest absolute Gasteiger partial charge is 0.472 e. The first-order chi connectivity index (χ1) is 7.74. The molecule has 0 radical (unpaired) electrons. The van der Waals surface area contributed by atoms with E-state index < -0.39 is 0 Å². The van der Waals surface area contributed by atoms with Gasteiger partial charge in [-0.25, -0.2) is 5.43 Å². The number of furan rings is 1. The van der Waals surface area contributed by atoms with E-state index in [1.54, 1.807) is 30.7 Å². The molecule has 0 saturated heterocycles. The van der Waals surface area contributed by atoms with Gasteiger partial charge in [-0.15, -0.1) is 0 Å². The van der Waals surface area contributed by atoms with E-state index in [1.807, 2.05) is 6.07 Å². The maximum Gasteiger partial charge on any atom is 0.0954 e. The Labute approximate surface area is 103 Å². The Kier molecular flexibility index (Phi) is 3.51. The van der Waals surface area contributed by atoms with E-state index >= 15 is 0 Å². The highest BCUT2D eigenvalue weighted by molar-refractivity contribution is 6.36. The first-order valence-electron chi connectivity index (χ1n) is 4.66. The number of halogens is 2. The van der Waals surface area contributed by atoms with Crippen molar-refractivity contribution in [2.45, 2.75) is 6.04 Å². The van der Waals surface area contributed by atoms with Crippen LogP contribution in [-0.4, -0.2) is 0 Å². The quantitative estimate of drug-likeness (QED) is 0.656. The monoisotopic (exact) mass is 256 g/mol. The highest BCUT2D eigenvalue weighted by Crippen LogP contribution is 2.33. The second-order valence-electron chi connectivity index (χ2n) is 3.29. The summed E-state index contributed by atoms with van der Waals surface area (Å²) in [5.74, 6) is 5.52. The van der Waals surface area contributed by atoms with Gasteiger partial charge in [0.25, 0.3) is 0 Å². The van der Waals surface area contributed by atoms with Gasteiger partial charge in [-0.2, -0.15) is 0 Å². The minimum absolute atomic E-state index is 0.278. The van der Waals surface area contributed by atoms with Crippen LogP contribution in [0.3, 0.4) is 0 Å². The van der Waals surface area contributed by atoms with Crippen molar-refractivity contribution in [3.63, 3.8) is 0 Å². The number of nitrogens with one attached hydrogen (secondary N) is 1. The maximum absolute atomic E-state index is 6.11. The molecule has 0 spiro atoms. The maximum atomic E-state index is 6.11. The molecular formula is C11H10Cl2N2O. The average Bonchev–Trinajstić information content (AvgIpc) is 2.77. The van der Waals surface area contributed by atoms with E-state index in [2.05, 4.69) is 5.43 Å². The van der Waals surface area contributed by atoms with Gasteiger partial charge in [0.1, 0.15) is 0 Å². The molecule has 0 bridgehead atoms. The van der Waals surface area contributed by atoms with Crippen LogP contribution in [-0.2, 0) is 0 Å². The fraction of sp³-hybridized carbons (Fsp3) is 0.0909. The molecular weight excluding hydrogens is 247 g/mol. The highest BCUT2D eigenvalue weighted by Gasteiger charge is 2.19. The lowest BCUT2D eigenvalue weighted by molar-refractivity contribution is 0.553. The molecule has 0 aliphatic rings. The summed E-state index contributed by atoms with van der Waals surface area (Å²) in [6, 6.07) is 6.86. The van der Waals surface area contributed by atoms with E-state index in [9.17, 15) is 0 Å². The predicted molar refractivity (Wildman–Crippen MR) is 64.3 cm³/mol. The molecule has 1 atom stereocenters. The summed E-state index contributed by atoms with van der Waals surface area (Å²) in [5.41, 5.74) is 4.29. The molecule has 3 N–H and O–H groups in total. The number of hydrogen-bond donors (Lipinski definition) is 2. The third-order valence-corrected chi connectivity index (χ3v) is 2.99.